The van der Waals surface area contributed by atoms with Crippen molar-refractivity contribution in [3.63, 3.8) is 0 Å². The Balaban J connectivity index is 4.32. The van der Waals surface area contributed by atoms with Crippen LogP contribution in [0.5, 0.6) is 0 Å². The molecule has 1 N–H and O–H groups in total. The van der Waals surface area contributed by atoms with Gasteiger partial charge in [0.15, 0.2) is 6.10 Å². The second-order valence-electron chi connectivity index (χ2n) is 11.5. The molecule has 0 aromatic heterocycles. The Morgan fingerprint density at radius 1 is 0.756 bits per heavy atom. The fourth-order valence-corrected chi connectivity index (χ4v) is 4.41. The topological polar surface area (TPSA) is 108 Å². The molecular formula is C31H59NO8P+. The molecule has 2 atom stereocenters. The molecule has 0 aromatic carbocycles. The van der Waals surface area contributed by atoms with Crippen molar-refractivity contribution in [2.24, 2.45) is 0 Å². The summed E-state index contributed by atoms with van der Waals surface area (Å²) in [5.41, 5.74) is 0. The Labute approximate surface area is 249 Å². The maximum absolute atomic E-state index is 12.4. The van der Waals surface area contributed by atoms with Crippen molar-refractivity contribution in [2.45, 2.75) is 116 Å². The Kier molecular flexibility index (Phi) is 24.1. The Morgan fingerprint density at radius 2 is 1.34 bits per heavy atom. The third-order valence-corrected chi connectivity index (χ3v) is 7.22. The number of allylic oxidation sites excluding steroid dienone is 4. The lowest BCUT2D eigenvalue weighted by molar-refractivity contribution is -0.870. The first-order valence-corrected chi connectivity index (χ1v) is 17.1. The molecule has 0 fully saturated rings. The molecule has 0 saturated carbocycles. The van der Waals surface area contributed by atoms with E-state index in [1.165, 1.54) is 25.7 Å². The van der Waals surface area contributed by atoms with E-state index >= 15 is 0 Å². The van der Waals surface area contributed by atoms with Gasteiger partial charge in [-0.2, -0.15) is 0 Å². The van der Waals surface area contributed by atoms with Gasteiger partial charge in [-0.1, -0.05) is 76.7 Å². The number of likely N-dealkylation sites (N-methyl/N-ethyl adjacent to an activating group) is 1. The third kappa shape index (κ3) is 28.4. The molecular weight excluding hydrogens is 545 g/mol. The number of nitrogens with zero attached hydrogens (tertiary/aromatic N) is 1. The number of hydrogen-bond donors (Lipinski definition) is 1. The summed E-state index contributed by atoms with van der Waals surface area (Å²) in [6.07, 6.45) is 22.0. The van der Waals surface area contributed by atoms with Crippen molar-refractivity contribution in [1.82, 2.24) is 0 Å². The summed E-state index contributed by atoms with van der Waals surface area (Å²) in [4.78, 5) is 34.3. The Bertz CT molecular complexity index is 779. The van der Waals surface area contributed by atoms with Gasteiger partial charge in [0.2, 0.25) is 0 Å². The first-order valence-electron chi connectivity index (χ1n) is 15.6. The van der Waals surface area contributed by atoms with E-state index in [1.54, 1.807) is 0 Å². The van der Waals surface area contributed by atoms with Gasteiger partial charge in [0, 0.05) is 12.8 Å². The van der Waals surface area contributed by atoms with Gasteiger partial charge in [-0.25, -0.2) is 4.57 Å². The SMILES string of the molecule is CCCCC/C=C\C/C=C\CCCCCCCC(=O)OC(COC(=O)CCCC)COP(=O)(O)OCC[N+](C)(C)C. The molecule has 2 unspecified atom stereocenters. The molecule has 0 aromatic rings. The Morgan fingerprint density at radius 3 is 1.98 bits per heavy atom. The van der Waals surface area contributed by atoms with Gasteiger partial charge < -0.3 is 18.9 Å². The average molecular weight is 605 g/mol. The Hall–Kier alpha value is -1.51. The van der Waals surface area contributed by atoms with E-state index in [-0.39, 0.29) is 26.1 Å². The van der Waals surface area contributed by atoms with Crippen LogP contribution in [0.3, 0.4) is 0 Å². The number of rotatable bonds is 27. The van der Waals surface area contributed by atoms with E-state index in [0.29, 0.717) is 23.9 Å². The van der Waals surface area contributed by atoms with Gasteiger partial charge >= 0.3 is 19.8 Å². The van der Waals surface area contributed by atoms with Crippen molar-refractivity contribution in [3.8, 4) is 0 Å². The van der Waals surface area contributed by atoms with Crippen LogP contribution >= 0.6 is 7.82 Å². The second kappa shape index (κ2) is 25.0. The number of carbonyl (C=O) groups is 2. The molecule has 41 heavy (non-hydrogen) atoms. The summed E-state index contributed by atoms with van der Waals surface area (Å²) in [5.74, 6) is -0.861. The van der Waals surface area contributed by atoms with Gasteiger partial charge in [0.1, 0.15) is 19.8 Å². The lowest BCUT2D eigenvalue weighted by Gasteiger charge is -2.24. The van der Waals surface area contributed by atoms with Crippen LogP contribution in [-0.2, 0) is 32.7 Å². The normalized spacial score (nSPS) is 14.4. The summed E-state index contributed by atoms with van der Waals surface area (Å²) in [7, 11) is 1.46. The molecule has 0 saturated heterocycles. The highest BCUT2D eigenvalue weighted by Crippen LogP contribution is 2.43. The number of quaternary nitrogens is 1. The van der Waals surface area contributed by atoms with Crippen LogP contribution in [0.2, 0.25) is 0 Å². The van der Waals surface area contributed by atoms with Crippen LogP contribution in [0.1, 0.15) is 110 Å². The molecule has 0 aliphatic carbocycles. The summed E-state index contributed by atoms with van der Waals surface area (Å²) in [6.45, 7) is 4.08. The minimum atomic E-state index is -4.34. The first-order chi connectivity index (χ1) is 19.5. The molecule has 240 valence electrons. The maximum atomic E-state index is 12.4. The summed E-state index contributed by atoms with van der Waals surface area (Å²) in [5, 5.41) is 0. The summed E-state index contributed by atoms with van der Waals surface area (Å²) in [6, 6.07) is 0. The van der Waals surface area contributed by atoms with Crippen LogP contribution in [-0.4, -0.2) is 74.9 Å². The highest BCUT2D eigenvalue weighted by Gasteiger charge is 2.27. The van der Waals surface area contributed by atoms with Crippen LogP contribution in [0.25, 0.3) is 0 Å². The number of phosphoric acid groups is 1. The van der Waals surface area contributed by atoms with Crippen LogP contribution in [0.15, 0.2) is 24.3 Å². The number of ether oxygens (including phenoxy) is 2. The molecule has 0 aliphatic rings. The van der Waals surface area contributed by atoms with Crippen molar-refractivity contribution < 1.29 is 42.1 Å². The average Bonchev–Trinajstić information content (AvgIpc) is 2.90. The number of esters is 2. The van der Waals surface area contributed by atoms with Crippen molar-refractivity contribution in [2.75, 3.05) is 47.5 Å². The summed E-state index contributed by atoms with van der Waals surface area (Å²) < 4.78 is 33.5. The fourth-order valence-electron chi connectivity index (χ4n) is 3.67. The van der Waals surface area contributed by atoms with Crippen LogP contribution < -0.4 is 0 Å². The standard InChI is InChI=1S/C31H58NO8P/c1-6-8-10-11-12-13-14-15-16-17-18-19-20-21-22-24-31(34)40-29(27-37-30(33)23-9-7-2)28-39-41(35,36)38-26-25-32(3,4)5/h12-13,15-16,29H,6-11,14,17-28H2,1-5H3/p+1/b13-12-,16-15-. The van der Waals surface area contributed by atoms with Crippen molar-refractivity contribution in [3.05, 3.63) is 24.3 Å². The fraction of sp³-hybridized carbons (Fsp3) is 0.806. The zero-order valence-corrected chi connectivity index (χ0v) is 27.4. The monoisotopic (exact) mass is 604 g/mol. The van der Waals surface area contributed by atoms with Gasteiger partial charge in [-0.15, -0.1) is 0 Å². The number of unbranched alkanes of at least 4 members (excludes halogenated alkanes) is 9. The molecule has 0 radical (unpaired) electrons. The highest BCUT2D eigenvalue weighted by molar-refractivity contribution is 7.47. The number of hydrogen-bond acceptors (Lipinski definition) is 7. The van der Waals surface area contributed by atoms with E-state index < -0.39 is 32.5 Å². The van der Waals surface area contributed by atoms with Crippen molar-refractivity contribution >= 4 is 19.8 Å². The molecule has 0 bridgehead atoms. The highest BCUT2D eigenvalue weighted by atomic mass is 31.2. The largest absolute Gasteiger partial charge is 0.472 e. The van der Waals surface area contributed by atoms with Gasteiger partial charge in [0.05, 0.1) is 27.7 Å². The van der Waals surface area contributed by atoms with E-state index in [4.69, 9.17) is 18.5 Å². The smallest absolute Gasteiger partial charge is 0.462 e. The molecule has 0 spiro atoms. The first kappa shape index (κ1) is 39.5. The third-order valence-electron chi connectivity index (χ3n) is 6.23. The second-order valence-corrected chi connectivity index (χ2v) is 12.9. The molecule has 0 heterocycles. The number of carbonyl (C=O) groups excluding carboxylic acids is 2. The van der Waals surface area contributed by atoms with E-state index in [0.717, 1.165) is 44.9 Å². The van der Waals surface area contributed by atoms with Gasteiger partial charge in [-0.05, 0) is 44.9 Å². The van der Waals surface area contributed by atoms with Crippen molar-refractivity contribution in [1.29, 1.82) is 0 Å². The van der Waals surface area contributed by atoms with Crippen LogP contribution in [0, 0.1) is 0 Å². The molecule has 9 nitrogen and oxygen atoms in total. The maximum Gasteiger partial charge on any atom is 0.472 e. The predicted molar refractivity (Wildman–Crippen MR) is 164 cm³/mol. The predicted octanol–water partition coefficient (Wildman–Crippen LogP) is 7.28. The zero-order valence-electron chi connectivity index (χ0n) is 26.5. The van der Waals surface area contributed by atoms with E-state index in [2.05, 4.69) is 31.2 Å². The van der Waals surface area contributed by atoms with E-state index in [1.807, 2.05) is 28.1 Å². The lowest BCUT2D eigenvalue weighted by atomic mass is 10.1. The zero-order chi connectivity index (χ0) is 30.8. The van der Waals surface area contributed by atoms with Gasteiger partial charge in [-0.3, -0.25) is 18.6 Å². The molecule has 10 heteroatoms. The molecule has 0 rings (SSSR count). The molecule has 0 aliphatic heterocycles. The summed E-state index contributed by atoms with van der Waals surface area (Å²) >= 11 is 0. The minimum Gasteiger partial charge on any atom is -0.462 e. The quantitative estimate of drug-likeness (QED) is 0.0343. The minimum absolute atomic E-state index is 0.0283. The van der Waals surface area contributed by atoms with Gasteiger partial charge in [0.25, 0.3) is 0 Å². The number of phosphoric ester groups is 1. The lowest BCUT2D eigenvalue weighted by Crippen LogP contribution is -2.37. The molecule has 0 amide bonds. The van der Waals surface area contributed by atoms with E-state index in [9.17, 15) is 19.0 Å². The van der Waals surface area contributed by atoms with Crippen LogP contribution in [0.4, 0.5) is 0 Å².